The number of carboxylic acids is 1. The summed E-state index contributed by atoms with van der Waals surface area (Å²) in [5.74, 6) is 0.600. The molecule has 0 atom stereocenters. The van der Waals surface area contributed by atoms with Crippen molar-refractivity contribution in [2.75, 3.05) is 21.3 Å². The average molecular weight is 369 g/mol. The van der Waals surface area contributed by atoms with Gasteiger partial charge in [-0.2, -0.15) is 0 Å². The number of benzene rings is 2. The molecule has 0 aliphatic rings. The summed E-state index contributed by atoms with van der Waals surface area (Å²) in [6, 6.07) is 10.7. The Hall–Kier alpha value is -3.48. The SMILES string of the molecule is COc1ccc(/C=C(\CC(=O)O)c2nc3ccccc3o2)c(OC)c1OC. The third kappa shape index (κ3) is 3.72. The van der Waals surface area contributed by atoms with Gasteiger partial charge in [-0.3, -0.25) is 4.79 Å². The van der Waals surface area contributed by atoms with Crippen LogP contribution in [0.25, 0.3) is 22.7 Å². The molecule has 0 fully saturated rings. The van der Waals surface area contributed by atoms with Crippen molar-refractivity contribution in [3.63, 3.8) is 0 Å². The van der Waals surface area contributed by atoms with E-state index >= 15 is 0 Å². The zero-order valence-electron chi connectivity index (χ0n) is 15.2. The van der Waals surface area contributed by atoms with Crippen molar-refractivity contribution in [2.24, 2.45) is 0 Å². The Morgan fingerprint density at radius 1 is 1.07 bits per heavy atom. The predicted molar refractivity (Wildman–Crippen MR) is 100 cm³/mol. The van der Waals surface area contributed by atoms with Crippen LogP contribution in [0.2, 0.25) is 0 Å². The highest BCUT2D eigenvalue weighted by molar-refractivity contribution is 5.92. The highest BCUT2D eigenvalue weighted by atomic mass is 16.5. The number of para-hydroxylation sites is 2. The van der Waals surface area contributed by atoms with Crippen LogP contribution in [0.15, 0.2) is 40.8 Å². The van der Waals surface area contributed by atoms with Crippen LogP contribution in [0, 0.1) is 0 Å². The van der Waals surface area contributed by atoms with Crippen molar-refractivity contribution in [1.29, 1.82) is 0 Å². The van der Waals surface area contributed by atoms with Gasteiger partial charge in [-0.05, 0) is 30.3 Å². The molecule has 3 rings (SSSR count). The first-order valence-corrected chi connectivity index (χ1v) is 8.14. The molecule has 140 valence electrons. The summed E-state index contributed by atoms with van der Waals surface area (Å²) in [5.41, 5.74) is 2.27. The second-order valence-electron chi connectivity index (χ2n) is 5.65. The van der Waals surface area contributed by atoms with Gasteiger partial charge in [0, 0.05) is 11.1 Å². The number of aromatic nitrogens is 1. The maximum atomic E-state index is 11.4. The summed E-state index contributed by atoms with van der Waals surface area (Å²) in [5, 5.41) is 9.32. The lowest BCUT2D eigenvalue weighted by Crippen LogP contribution is -1.99. The molecule has 0 saturated carbocycles. The minimum absolute atomic E-state index is 0.246. The molecule has 0 aliphatic carbocycles. The number of carboxylic acid groups (broad SMARTS) is 1. The Labute approximate surface area is 155 Å². The molecule has 7 nitrogen and oxygen atoms in total. The van der Waals surface area contributed by atoms with Gasteiger partial charge in [0.2, 0.25) is 11.6 Å². The minimum Gasteiger partial charge on any atom is -0.493 e. The molecule has 0 aliphatic heterocycles. The number of hydrogen-bond donors (Lipinski definition) is 1. The highest BCUT2D eigenvalue weighted by Crippen LogP contribution is 2.41. The van der Waals surface area contributed by atoms with E-state index in [0.29, 0.717) is 39.5 Å². The van der Waals surface area contributed by atoms with E-state index in [0.717, 1.165) is 0 Å². The van der Waals surface area contributed by atoms with Crippen molar-refractivity contribution in [3.05, 3.63) is 47.9 Å². The van der Waals surface area contributed by atoms with Crippen LogP contribution in [0.3, 0.4) is 0 Å². The molecule has 0 amide bonds. The van der Waals surface area contributed by atoms with Crippen LogP contribution >= 0.6 is 0 Å². The molecule has 3 aromatic rings. The third-order valence-electron chi connectivity index (χ3n) is 3.97. The smallest absolute Gasteiger partial charge is 0.308 e. The number of ether oxygens (including phenoxy) is 3. The maximum absolute atomic E-state index is 11.4. The number of hydrogen-bond acceptors (Lipinski definition) is 6. The maximum Gasteiger partial charge on any atom is 0.308 e. The van der Waals surface area contributed by atoms with Crippen LogP contribution in [0.4, 0.5) is 0 Å². The van der Waals surface area contributed by atoms with Crippen LogP contribution in [0.5, 0.6) is 17.2 Å². The summed E-state index contributed by atoms with van der Waals surface area (Å²) in [6.45, 7) is 0. The fourth-order valence-corrected chi connectivity index (χ4v) is 2.79. The van der Waals surface area contributed by atoms with Gasteiger partial charge in [0.1, 0.15) is 5.52 Å². The standard InChI is InChI=1S/C20H19NO6/c1-24-16-9-8-12(18(25-2)19(16)26-3)10-13(11-17(22)23)20-21-14-6-4-5-7-15(14)27-20/h4-10H,11H2,1-3H3,(H,22,23)/b13-10+. The molecule has 1 N–H and O–H groups in total. The van der Waals surface area contributed by atoms with Gasteiger partial charge in [-0.25, -0.2) is 4.98 Å². The Balaban J connectivity index is 2.15. The third-order valence-corrected chi connectivity index (χ3v) is 3.97. The fraction of sp³-hybridized carbons (Fsp3) is 0.200. The number of rotatable bonds is 7. The van der Waals surface area contributed by atoms with Crippen molar-refractivity contribution in [2.45, 2.75) is 6.42 Å². The number of nitrogens with zero attached hydrogens (tertiary/aromatic N) is 1. The molecule has 0 saturated heterocycles. The van der Waals surface area contributed by atoms with Gasteiger partial charge in [0.15, 0.2) is 17.1 Å². The Morgan fingerprint density at radius 2 is 1.81 bits per heavy atom. The number of aliphatic carboxylic acids is 1. The normalized spacial score (nSPS) is 11.4. The van der Waals surface area contributed by atoms with Gasteiger partial charge in [-0.1, -0.05) is 12.1 Å². The van der Waals surface area contributed by atoms with E-state index in [2.05, 4.69) is 4.98 Å². The molecule has 0 bridgehead atoms. The quantitative estimate of drug-likeness (QED) is 0.676. The molecular weight excluding hydrogens is 350 g/mol. The Kier molecular flexibility index (Phi) is 5.30. The van der Waals surface area contributed by atoms with Gasteiger partial charge in [-0.15, -0.1) is 0 Å². The summed E-state index contributed by atoms with van der Waals surface area (Å²) < 4.78 is 21.9. The zero-order valence-corrected chi connectivity index (χ0v) is 15.2. The van der Waals surface area contributed by atoms with E-state index in [1.807, 2.05) is 12.1 Å². The fourth-order valence-electron chi connectivity index (χ4n) is 2.79. The molecule has 1 aromatic heterocycles. The average Bonchev–Trinajstić information content (AvgIpc) is 3.10. The van der Waals surface area contributed by atoms with E-state index in [1.165, 1.54) is 21.3 Å². The Bertz CT molecular complexity index is 972. The first-order valence-electron chi connectivity index (χ1n) is 8.14. The van der Waals surface area contributed by atoms with E-state index < -0.39 is 5.97 Å². The van der Waals surface area contributed by atoms with Gasteiger partial charge in [0.25, 0.3) is 0 Å². The van der Waals surface area contributed by atoms with Crippen LogP contribution in [-0.2, 0) is 4.79 Å². The van der Waals surface area contributed by atoms with Crippen molar-refractivity contribution >= 4 is 28.7 Å². The molecular formula is C20H19NO6. The zero-order chi connectivity index (χ0) is 19.4. The summed E-state index contributed by atoms with van der Waals surface area (Å²) in [7, 11) is 4.54. The Morgan fingerprint density at radius 3 is 2.44 bits per heavy atom. The van der Waals surface area contributed by atoms with Gasteiger partial charge in [0.05, 0.1) is 27.8 Å². The summed E-state index contributed by atoms with van der Waals surface area (Å²) >= 11 is 0. The second kappa shape index (κ2) is 7.82. The lowest BCUT2D eigenvalue weighted by atomic mass is 10.1. The van der Waals surface area contributed by atoms with Crippen molar-refractivity contribution < 1.29 is 28.5 Å². The number of methoxy groups -OCH3 is 3. The first kappa shape index (κ1) is 18.3. The van der Waals surface area contributed by atoms with Crippen LogP contribution in [-0.4, -0.2) is 37.4 Å². The molecule has 7 heteroatoms. The van der Waals surface area contributed by atoms with Gasteiger partial charge < -0.3 is 23.7 Å². The predicted octanol–water partition coefficient (Wildman–Crippen LogP) is 3.87. The van der Waals surface area contributed by atoms with Crippen LogP contribution in [0.1, 0.15) is 17.9 Å². The van der Waals surface area contributed by atoms with E-state index in [1.54, 1.807) is 30.3 Å². The molecule has 0 spiro atoms. The molecule has 2 aromatic carbocycles. The summed E-state index contributed by atoms with van der Waals surface area (Å²) in [4.78, 5) is 15.8. The molecule has 0 unspecified atom stereocenters. The highest BCUT2D eigenvalue weighted by Gasteiger charge is 2.18. The van der Waals surface area contributed by atoms with Crippen molar-refractivity contribution in [1.82, 2.24) is 4.98 Å². The first-order chi connectivity index (χ1) is 13.1. The number of oxazole rings is 1. The van der Waals surface area contributed by atoms with Gasteiger partial charge >= 0.3 is 5.97 Å². The number of carbonyl (C=O) groups is 1. The lowest BCUT2D eigenvalue weighted by Gasteiger charge is -2.14. The van der Waals surface area contributed by atoms with E-state index in [4.69, 9.17) is 18.6 Å². The molecule has 0 radical (unpaired) electrons. The molecule has 27 heavy (non-hydrogen) atoms. The monoisotopic (exact) mass is 369 g/mol. The minimum atomic E-state index is -0.997. The second-order valence-corrected chi connectivity index (χ2v) is 5.65. The largest absolute Gasteiger partial charge is 0.493 e. The lowest BCUT2D eigenvalue weighted by molar-refractivity contribution is -0.135. The number of fused-ring (bicyclic) bond motifs is 1. The summed E-state index contributed by atoms with van der Waals surface area (Å²) in [6.07, 6.45) is 1.41. The van der Waals surface area contributed by atoms with Crippen molar-refractivity contribution in [3.8, 4) is 17.2 Å². The molecule has 1 heterocycles. The van der Waals surface area contributed by atoms with Crippen LogP contribution < -0.4 is 14.2 Å². The topological polar surface area (TPSA) is 91.0 Å². The van der Waals surface area contributed by atoms with E-state index in [9.17, 15) is 9.90 Å². The van der Waals surface area contributed by atoms with E-state index in [-0.39, 0.29) is 12.3 Å².